The number of nitrogens with zero attached hydrogens (tertiary/aromatic N) is 1. The van der Waals surface area contributed by atoms with Gasteiger partial charge in [0.1, 0.15) is 5.82 Å². The second-order valence-corrected chi connectivity index (χ2v) is 5.60. The minimum atomic E-state index is -0.227. The summed E-state index contributed by atoms with van der Waals surface area (Å²) in [5.41, 5.74) is 0.681. The predicted octanol–water partition coefficient (Wildman–Crippen LogP) is 3.44. The molecule has 0 saturated carbocycles. The number of rotatable bonds is 5. The standard InChI is InChI=1S/C15H22ClFN2/c16-14-6-5-13(15(17)11-14)12-18-7-10-19-8-3-1-2-4-9-19/h5-6,11,18H,1-4,7-10,12H2. The van der Waals surface area contributed by atoms with Crippen LogP contribution in [0.2, 0.25) is 5.02 Å². The molecule has 1 aliphatic heterocycles. The molecule has 0 aliphatic carbocycles. The SMILES string of the molecule is Fc1cc(Cl)ccc1CNCCN1CCCCCC1. The fourth-order valence-corrected chi connectivity index (χ4v) is 2.64. The molecule has 1 heterocycles. The van der Waals surface area contributed by atoms with Crippen LogP contribution in [-0.2, 0) is 6.54 Å². The third-order valence-corrected chi connectivity index (χ3v) is 3.87. The second-order valence-electron chi connectivity index (χ2n) is 5.17. The van der Waals surface area contributed by atoms with E-state index in [-0.39, 0.29) is 5.82 Å². The van der Waals surface area contributed by atoms with Crippen molar-refractivity contribution in [2.75, 3.05) is 26.2 Å². The number of likely N-dealkylation sites (tertiary alicyclic amines) is 1. The molecule has 0 atom stereocenters. The first-order valence-corrected chi connectivity index (χ1v) is 7.50. The molecular weight excluding hydrogens is 263 g/mol. The molecule has 0 bridgehead atoms. The average molecular weight is 285 g/mol. The Hall–Kier alpha value is -0.640. The summed E-state index contributed by atoms with van der Waals surface area (Å²) in [7, 11) is 0. The van der Waals surface area contributed by atoms with E-state index >= 15 is 0 Å². The molecule has 1 fully saturated rings. The Labute approximate surface area is 119 Å². The van der Waals surface area contributed by atoms with Gasteiger partial charge in [-0.1, -0.05) is 30.5 Å². The number of halogens is 2. The molecule has 0 aromatic heterocycles. The third kappa shape index (κ3) is 5.09. The van der Waals surface area contributed by atoms with Crippen LogP contribution in [0.3, 0.4) is 0 Å². The van der Waals surface area contributed by atoms with Crippen molar-refractivity contribution in [3.05, 3.63) is 34.6 Å². The third-order valence-electron chi connectivity index (χ3n) is 3.63. The Morgan fingerprint density at radius 1 is 1.16 bits per heavy atom. The fraction of sp³-hybridized carbons (Fsp3) is 0.600. The summed E-state index contributed by atoms with van der Waals surface area (Å²) in [5, 5.41) is 3.75. The number of hydrogen-bond acceptors (Lipinski definition) is 2. The van der Waals surface area contributed by atoms with Crippen LogP contribution in [0.5, 0.6) is 0 Å². The molecule has 2 rings (SSSR count). The quantitative estimate of drug-likeness (QED) is 0.833. The monoisotopic (exact) mass is 284 g/mol. The van der Waals surface area contributed by atoms with E-state index in [1.54, 1.807) is 12.1 Å². The Kier molecular flexibility index (Phi) is 6.08. The summed E-state index contributed by atoms with van der Waals surface area (Å²) in [6.45, 7) is 4.93. The van der Waals surface area contributed by atoms with Gasteiger partial charge < -0.3 is 10.2 Å². The lowest BCUT2D eigenvalue weighted by Gasteiger charge is -2.19. The molecule has 0 spiro atoms. The van der Waals surface area contributed by atoms with Gasteiger partial charge in [0.25, 0.3) is 0 Å². The van der Waals surface area contributed by atoms with Crippen LogP contribution in [0, 0.1) is 5.82 Å². The van der Waals surface area contributed by atoms with E-state index < -0.39 is 0 Å². The second kappa shape index (κ2) is 7.83. The highest BCUT2D eigenvalue weighted by molar-refractivity contribution is 6.30. The molecule has 19 heavy (non-hydrogen) atoms. The van der Waals surface area contributed by atoms with Gasteiger partial charge >= 0.3 is 0 Å². The molecule has 1 aromatic carbocycles. The summed E-state index contributed by atoms with van der Waals surface area (Å²) < 4.78 is 13.6. The zero-order chi connectivity index (χ0) is 13.5. The van der Waals surface area contributed by atoms with Gasteiger partial charge in [0, 0.05) is 30.2 Å². The maximum absolute atomic E-state index is 13.6. The van der Waals surface area contributed by atoms with E-state index in [1.165, 1.54) is 44.8 Å². The van der Waals surface area contributed by atoms with Crippen LogP contribution in [0.15, 0.2) is 18.2 Å². The highest BCUT2D eigenvalue weighted by atomic mass is 35.5. The maximum atomic E-state index is 13.6. The van der Waals surface area contributed by atoms with Crippen molar-refractivity contribution in [2.45, 2.75) is 32.2 Å². The highest BCUT2D eigenvalue weighted by Gasteiger charge is 2.08. The van der Waals surface area contributed by atoms with Crippen molar-refractivity contribution in [2.24, 2.45) is 0 Å². The van der Waals surface area contributed by atoms with Crippen molar-refractivity contribution in [3.8, 4) is 0 Å². The molecule has 1 saturated heterocycles. The number of hydrogen-bond donors (Lipinski definition) is 1. The predicted molar refractivity (Wildman–Crippen MR) is 78.0 cm³/mol. The Bertz CT molecular complexity index is 390. The van der Waals surface area contributed by atoms with Gasteiger partial charge in [-0.15, -0.1) is 0 Å². The van der Waals surface area contributed by atoms with Gasteiger partial charge in [0.15, 0.2) is 0 Å². The minimum Gasteiger partial charge on any atom is -0.311 e. The van der Waals surface area contributed by atoms with E-state index in [0.717, 1.165) is 13.1 Å². The normalized spacial score (nSPS) is 17.4. The highest BCUT2D eigenvalue weighted by Crippen LogP contribution is 2.14. The lowest BCUT2D eigenvalue weighted by molar-refractivity contribution is 0.284. The maximum Gasteiger partial charge on any atom is 0.129 e. The zero-order valence-corrected chi connectivity index (χ0v) is 12.1. The topological polar surface area (TPSA) is 15.3 Å². The first kappa shape index (κ1) is 14.8. The molecule has 0 unspecified atom stereocenters. The van der Waals surface area contributed by atoms with E-state index in [1.807, 2.05) is 0 Å². The van der Waals surface area contributed by atoms with Crippen molar-refractivity contribution < 1.29 is 4.39 Å². The molecule has 1 aliphatic rings. The lowest BCUT2D eigenvalue weighted by atomic mass is 10.2. The van der Waals surface area contributed by atoms with Crippen LogP contribution in [0.1, 0.15) is 31.2 Å². The number of benzene rings is 1. The van der Waals surface area contributed by atoms with E-state index in [0.29, 0.717) is 17.1 Å². The Morgan fingerprint density at radius 3 is 2.58 bits per heavy atom. The minimum absolute atomic E-state index is 0.227. The zero-order valence-electron chi connectivity index (χ0n) is 11.3. The molecule has 2 nitrogen and oxygen atoms in total. The summed E-state index contributed by atoms with van der Waals surface area (Å²) >= 11 is 5.73. The average Bonchev–Trinajstić information content (AvgIpc) is 2.65. The van der Waals surface area contributed by atoms with E-state index in [2.05, 4.69) is 10.2 Å². The van der Waals surface area contributed by atoms with Gasteiger partial charge in [-0.3, -0.25) is 0 Å². The van der Waals surface area contributed by atoms with Crippen LogP contribution in [-0.4, -0.2) is 31.1 Å². The first-order valence-electron chi connectivity index (χ1n) is 7.13. The largest absolute Gasteiger partial charge is 0.311 e. The smallest absolute Gasteiger partial charge is 0.129 e. The summed E-state index contributed by atoms with van der Waals surface area (Å²) in [6.07, 6.45) is 5.34. The van der Waals surface area contributed by atoms with Gasteiger partial charge in [-0.2, -0.15) is 0 Å². The Balaban J connectivity index is 1.68. The number of nitrogens with one attached hydrogen (secondary N) is 1. The van der Waals surface area contributed by atoms with Gasteiger partial charge in [0.2, 0.25) is 0 Å². The summed E-state index contributed by atoms with van der Waals surface area (Å²) in [5.74, 6) is -0.227. The molecule has 1 aromatic rings. The lowest BCUT2D eigenvalue weighted by Crippen LogP contribution is -2.32. The van der Waals surface area contributed by atoms with Gasteiger partial charge in [-0.05, 0) is 38.1 Å². The molecule has 0 amide bonds. The van der Waals surface area contributed by atoms with Crippen LogP contribution < -0.4 is 5.32 Å². The summed E-state index contributed by atoms with van der Waals surface area (Å²) in [6, 6.07) is 4.85. The van der Waals surface area contributed by atoms with Crippen LogP contribution in [0.4, 0.5) is 4.39 Å². The van der Waals surface area contributed by atoms with Crippen molar-refractivity contribution in [1.82, 2.24) is 10.2 Å². The molecule has 0 radical (unpaired) electrons. The van der Waals surface area contributed by atoms with Crippen LogP contribution >= 0.6 is 11.6 Å². The first-order chi connectivity index (χ1) is 9.25. The van der Waals surface area contributed by atoms with E-state index in [4.69, 9.17) is 11.6 Å². The van der Waals surface area contributed by atoms with Crippen molar-refractivity contribution >= 4 is 11.6 Å². The fourth-order valence-electron chi connectivity index (χ4n) is 2.49. The molecular formula is C15H22ClFN2. The van der Waals surface area contributed by atoms with Crippen LogP contribution in [0.25, 0.3) is 0 Å². The van der Waals surface area contributed by atoms with Gasteiger partial charge in [-0.25, -0.2) is 4.39 Å². The molecule has 1 N–H and O–H groups in total. The molecule has 106 valence electrons. The van der Waals surface area contributed by atoms with Crippen molar-refractivity contribution in [1.29, 1.82) is 0 Å². The van der Waals surface area contributed by atoms with E-state index in [9.17, 15) is 4.39 Å². The summed E-state index contributed by atoms with van der Waals surface area (Å²) in [4.78, 5) is 2.50. The van der Waals surface area contributed by atoms with Crippen molar-refractivity contribution in [3.63, 3.8) is 0 Å². The molecule has 4 heteroatoms. The Morgan fingerprint density at radius 2 is 1.89 bits per heavy atom. The van der Waals surface area contributed by atoms with Gasteiger partial charge in [0.05, 0.1) is 0 Å².